The first-order chi connectivity index (χ1) is 11.2. The lowest BCUT2D eigenvalue weighted by Gasteiger charge is -2.31. The van der Waals surface area contributed by atoms with Crippen molar-refractivity contribution >= 4 is 5.91 Å². The SMILES string of the molecule is CCN1CCC(C(=O)N[C@H]2COC[C@H]2Cc2cc(C)no2)CC1. The highest BCUT2D eigenvalue weighted by atomic mass is 16.5. The summed E-state index contributed by atoms with van der Waals surface area (Å²) in [5, 5.41) is 7.14. The van der Waals surface area contributed by atoms with Crippen molar-refractivity contribution in [3.8, 4) is 0 Å². The maximum Gasteiger partial charge on any atom is 0.223 e. The van der Waals surface area contributed by atoms with Crippen molar-refractivity contribution in [2.75, 3.05) is 32.8 Å². The van der Waals surface area contributed by atoms with E-state index >= 15 is 0 Å². The van der Waals surface area contributed by atoms with Crippen LogP contribution in [0.25, 0.3) is 0 Å². The Labute approximate surface area is 137 Å². The van der Waals surface area contributed by atoms with Gasteiger partial charge in [-0.2, -0.15) is 0 Å². The van der Waals surface area contributed by atoms with Crippen LogP contribution >= 0.6 is 0 Å². The number of nitrogens with one attached hydrogen (secondary N) is 1. The van der Waals surface area contributed by atoms with Crippen LogP contribution in [-0.4, -0.2) is 54.9 Å². The van der Waals surface area contributed by atoms with Crippen molar-refractivity contribution in [3.63, 3.8) is 0 Å². The Morgan fingerprint density at radius 1 is 1.39 bits per heavy atom. The summed E-state index contributed by atoms with van der Waals surface area (Å²) < 4.78 is 10.9. The third kappa shape index (κ3) is 4.12. The highest BCUT2D eigenvalue weighted by Gasteiger charge is 2.33. The molecular weight excluding hydrogens is 294 g/mol. The molecule has 1 N–H and O–H groups in total. The van der Waals surface area contributed by atoms with Crippen molar-refractivity contribution in [2.45, 2.75) is 39.2 Å². The molecule has 6 heteroatoms. The van der Waals surface area contributed by atoms with Crippen LogP contribution in [0.3, 0.4) is 0 Å². The molecule has 0 aromatic carbocycles. The molecule has 0 bridgehead atoms. The number of aryl methyl sites for hydroxylation is 1. The van der Waals surface area contributed by atoms with E-state index in [4.69, 9.17) is 9.26 Å². The van der Waals surface area contributed by atoms with E-state index in [0.29, 0.717) is 13.2 Å². The van der Waals surface area contributed by atoms with Gasteiger partial charge < -0.3 is 19.5 Å². The second kappa shape index (κ2) is 7.45. The second-order valence-corrected chi connectivity index (χ2v) is 6.76. The fourth-order valence-corrected chi connectivity index (χ4v) is 3.54. The average Bonchev–Trinajstić information content (AvgIpc) is 3.17. The first-order valence-electron chi connectivity index (χ1n) is 8.68. The second-order valence-electron chi connectivity index (χ2n) is 6.76. The van der Waals surface area contributed by atoms with E-state index < -0.39 is 0 Å². The fraction of sp³-hybridized carbons (Fsp3) is 0.765. The number of ether oxygens (including phenoxy) is 1. The number of aromatic nitrogens is 1. The van der Waals surface area contributed by atoms with Crippen LogP contribution in [0.15, 0.2) is 10.6 Å². The molecule has 6 nitrogen and oxygen atoms in total. The third-order valence-electron chi connectivity index (χ3n) is 5.07. The maximum absolute atomic E-state index is 12.5. The van der Waals surface area contributed by atoms with Gasteiger partial charge >= 0.3 is 0 Å². The Bertz CT molecular complexity index is 523. The van der Waals surface area contributed by atoms with Crippen LogP contribution in [0.5, 0.6) is 0 Å². The lowest BCUT2D eigenvalue weighted by Crippen LogP contribution is -2.46. The topological polar surface area (TPSA) is 67.6 Å². The summed E-state index contributed by atoms with van der Waals surface area (Å²) in [4.78, 5) is 14.9. The Morgan fingerprint density at radius 2 is 2.17 bits per heavy atom. The lowest BCUT2D eigenvalue weighted by atomic mass is 9.93. The number of amides is 1. The van der Waals surface area contributed by atoms with E-state index in [9.17, 15) is 4.79 Å². The molecule has 0 radical (unpaired) electrons. The fourth-order valence-electron chi connectivity index (χ4n) is 3.54. The van der Waals surface area contributed by atoms with Gasteiger partial charge in [0.2, 0.25) is 5.91 Å². The molecule has 0 unspecified atom stereocenters. The summed E-state index contributed by atoms with van der Waals surface area (Å²) in [5.41, 5.74) is 0.891. The zero-order valence-electron chi connectivity index (χ0n) is 14.1. The molecule has 23 heavy (non-hydrogen) atoms. The summed E-state index contributed by atoms with van der Waals surface area (Å²) in [7, 11) is 0. The molecule has 0 aliphatic carbocycles. The number of hydrogen-bond acceptors (Lipinski definition) is 5. The zero-order valence-corrected chi connectivity index (χ0v) is 14.1. The summed E-state index contributed by atoms with van der Waals surface area (Å²) in [5.74, 6) is 1.47. The van der Waals surface area contributed by atoms with Crippen molar-refractivity contribution in [1.29, 1.82) is 0 Å². The molecule has 2 fully saturated rings. The van der Waals surface area contributed by atoms with Gasteiger partial charge in [0, 0.05) is 24.3 Å². The molecular formula is C17H27N3O3. The largest absolute Gasteiger partial charge is 0.379 e. The monoisotopic (exact) mass is 321 g/mol. The van der Waals surface area contributed by atoms with Crippen LogP contribution in [0.2, 0.25) is 0 Å². The molecule has 1 amide bonds. The molecule has 128 valence electrons. The first kappa shape index (κ1) is 16.5. The van der Waals surface area contributed by atoms with Crippen molar-refractivity contribution < 1.29 is 14.1 Å². The van der Waals surface area contributed by atoms with E-state index in [1.165, 1.54) is 0 Å². The van der Waals surface area contributed by atoms with Crippen molar-refractivity contribution in [3.05, 3.63) is 17.5 Å². The predicted molar refractivity (Wildman–Crippen MR) is 86.0 cm³/mol. The molecule has 1 aromatic rings. The van der Waals surface area contributed by atoms with Crippen LogP contribution in [0, 0.1) is 18.8 Å². The number of nitrogens with zero attached hydrogens (tertiary/aromatic N) is 2. The zero-order chi connectivity index (χ0) is 16.2. The highest BCUT2D eigenvalue weighted by Crippen LogP contribution is 2.22. The number of piperidine rings is 1. The maximum atomic E-state index is 12.5. The van der Waals surface area contributed by atoms with E-state index in [1.54, 1.807) is 0 Å². The molecule has 3 heterocycles. The van der Waals surface area contributed by atoms with E-state index in [-0.39, 0.29) is 23.8 Å². The standard InChI is InChI=1S/C17H27N3O3/c1-3-20-6-4-13(5-7-20)17(21)18-16-11-22-10-14(16)9-15-8-12(2)19-23-15/h8,13-14,16H,3-7,9-11H2,1-2H3,(H,18,21)/t14-,16+/m1/s1. The minimum Gasteiger partial charge on any atom is -0.379 e. The predicted octanol–water partition coefficient (Wildman–Crippen LogP) is 1.39. The van der Waals surface area contributed by atoms with Gasteiger partial charge in [0.1, 0.15) is 5.76 Å². The molecule has 2 aliphatic rings. The normalized spacial score (nSPS) is 26.5. The minimum absolute atomic E-state index is 0.0807. The van der Waals surface area contributed by atoms with Gasteiger partial charge in [-0.15, -0.1) is 0 Å². The number of likely N-dealkylation sites (tertiary alicyclic amines) is 1. The molecule has 2 aliphatic heterocycles. The molecule has 2 saturated heterocycles. The van der Waals surface area contributed by atoms with Crippen LogP contribution < -0.4 is 5.32 Å². The number of hydrogen-bond donors (Lipinski definition) is 1. The average molecular weight is 321 g/mol. The van der Waals surface area contributed by atoms with Gasteiger partial charge in [0.15, 0.2) is 0 Å². The van der Waals surface area contributed by atoms with Gasteiger partial charge in [0.25, 0.3) is 0 Å². The Hall–Kier alpha value is -1.40. The van der Waals surface area contributed by atoms with Gasteiger partial charge in [-0.1, -0.05) is 12.1 Å². The third-order valence-corrected chi connectivity index (χ3v) is 5.07. The Balaban J connectivity index is 1.51. The van der Waals surface area contributed by atoms with E-state index in [1.807, 2.05) is 13.0 Å². The molecule has 1 aromatic heterocycles. The van der Waals surface area contributed by atoms with Crippen molar-refractivity contribution in [2.24, 2.45) is 11.8 Å². The molecule has 0 saturated carbocycles. The van der Waals surface area contributed by atoms with Crippen molar-refractivity contribution in [1.82, 2.24) is 15.4 Å². The van der Waals surface area contributed by atoms with Crippen LogP contribution in [0.4, 0.5) is 0 Å². The lowest BCUT2D eigenvalue weighted by molar-refractivity contribution is -0.127. The van der Waals surface area contributed by atoms with Crippen LogP contribution in [0.1, 0.15) is 31.2 Å². The van der Waals surface area contributed by atoms with Crippen LogP contribution in [-0.2, 0) is 16.0 Å². The Morgan fingerprint density at radius 3 is 2.83 bits per heavy atom. The summed E-state index contributed by atoms with van der Waals surface area (Å²) in [6.07, 6.45) is 2.68. The van der Waals surface area contributed by atoms with Gasteiger partial charge in [-0.05, 0) is 39.4 Å². The summed E-state index contributed by atoms with van der Waals surface area (Å²) >= 11 is 0. The molecule has 0 spiro atoms. The molecule has 3 rings (SSSR count). The minimum atomic E-state index is 0.0807. The summed E-state index contributed by atoms with van der Waals surface area (Å²) in [6.45, 7) is 8.47. The van der Waals surface area contributed by atoms with E-state index in [0.717, 1.165) is 50.4 Å². The summed E-state index contributed by atoms with van der Waals surface area (Å²) in [6, 6.07) is 2.04. The van der Waals surface area contributed by atoms with Gasteiger partial charge in [-0.25, -0.2) is 0 Å². The van der Waals surface area contributed by atoms with Gasteiger partial charge in [-0.3, -0.25) is 4.79 Å². The first-order valence-corrected chi connectivity index (χ1v) is 8.68. The quantitative estimate of drug-likeness (QED) is 0.887. The Kier molecular flexibility index (Phi) is 5.33. The molecule has 2 atom stereocenters. The number of rotatable bonds is 5. The smallest absolute Gasteiger partial charge is 0.223 e. The number of carbonyl (C=O) groups excluding carboxylic acids is 1. The van der Waals surface area contributed by atoms with E-state index in [2.05, 4.69) is 22.3 Å². The van der Waals surface area contributed by atoms with Gasteiger partial charge in [0.05, 0.1) is 24.9 Å². The number of carbonyl (C=O) groups is 1. The highest BCUT2D eigenvalue weighted by molar-refractivity contribution is 5.79.